The van der Waals surface area contributed by atoms with Gasteiger partial charge in [0.2, 0.25) is 0 Å². The molecule has 0 saturated carbocycles. The van der Waals surface area contributed by atoms with E-state index in [1.54, 1.807) is 31.4 Å². The van der Waals surface area contributed by atoms with Crippen LogP contribution >= 0.6 is 11.5 Å². The Kier molecular flexibility index (Phi) is 3.78. The molecule has 0 amide bonds. The van der Waals surface area contributed by atoms with Gasteiger partial charge in [0.1, 0.15) is 23.0 Å². The molecule has 94 valence electrons. The first-order chi connectivity index (χ1) is 8.69. The van der Waals surface area contributed by atoms with Crippen LogP contribution in [0.5, 0.6) is 11.5 Å². The van der Waals surface area contributed by atoms with Crippen molar-refractivity contribution in [3.8, 4) is 11.5 Å². The lowest BCUT2D eigenvalue weighted by atomic mass is 10.3. The van der Waals surface area contributed by atoms with Gasteiger partial charge in [-0.05, 0) is 41.9 Å². The van der Waals surface area contributed by atoms with Crippen LogP contribution in [-0.4, -0.2) is 22.6 Å². The monoisotopic (exact) mass is 265 g/mol. The third kappa shape index (κ3) is 2.98. The predicted molar refractivity (Wildman–Crippen MR) is 66.4 cm³/mol. The van der Waals surface area contributed by atoms with Gasteiger partial charge in [-0.15, -0.1) is 0 Å². The van der Waals surface area contributed by atoms with Crippen LogP contribution in [-0.2, 0) is 6.61 Å². The van der Waals surface area contributed by atoms with Crippen molar-refractivity contribution < 1.29 is 19.4 Å². The van der Waals surface area contributed by atoms with E-state index in [0.717, 1.165) is 17.3 Å². The number of aromatic nitrogens is 1. The molecule has 0 radical (unpaired) electrons. The SMILES string of the molecule is COc1ccc(OCc2cc(C(=O)O)sn2)cc1. The molecule has 1 heterocycles. The zero-order chi connectivity index (χ0) is 13.0. The number of benzene rings is 1. The molecule has 6 heteroatoms. The molecule has 2 rings (SSSR count). The fourth-order valence-corrected chi connectivity index (χ4v) is 1.90. The van der Waals surface area contributed by atoms with E-state index < -0.39 is 5.97 Å². The van der Waals surface area contributed by atoms with E-state index in [1.165, 1.54) is 6.07 Å². The standard InChI is InChI=1S/C12H11NO4S/c1-16-9-2-4-10(5-3-9)17-7-8-6-11(12(14)15)18-13-8/h2-6H,7H2,1H3,(H,14,15). The Morgan fingerprint density at radius 2 is 2.00 bits per heavy atom. The third-order valence-corrected chi connectivity index (χ3v) is 3.03. The van der Waals surface area contributed by atoms with Gasteiger partial charge in [0, 0.05) is 0 Å². The van der Waals surface area contributed by atoms with Crippen LogP contribution in [0.3, 0.4) is 0 Å². The van der Waals surface area contributed by atoms with Gasteiger partial charge in [-0.2, -0.15) is 4.37 Å². The fraction of sp³-hybridized carbons (Fsp3) is 0.167. The van der Waals surface area contributed by atoms with Gasteiger partial charge in [0.25, 0.3) is 0 Å². The van der Waals surface area contributed by atoms with E-state index in [-0.39, 0.29) is 11.5 Å². The van der Waals surface area contributed by atoms with Crippen molar-refractivity contribution in [2.75, 3.05) is 7.11 Å². The highest BCUT2D eigenvalue weighted by atomic mass is 32.1. The van der Waals surface area contributed by atoms with E-state index >= 15 is 0 Å². The van der Waals surface area contributed by atoms with Crippen molar-refractivity contribution in [1.29, 1.82) is 0 Å². The minimum atomic E-state index is -0.969. The summed E-state index contributed by atoms with van der Waals surface area (Å²) in [6.07, 6.45) is 0. The Bertz CT molecular complexity index is 535. The average molecular weight is 265 g/mol. The van der Waals surface area contributed by atoms with Crippen LogP contribution in [0.1, 0.15) is 15.4 Å². The number of hydrogen-bond donors (Lipinski definition) is 1. The van der Waals surface area contributed by atoms with Crippen LogP contribution in [0, 0.1) is 0 Å². The molecule has 0 atom stereocenters. The Morgan fingerprint density at radius 3 is 2.56 bits per heavy atom. The van der Waals surface area contributed by atoms with Gasteiger partial charge in [0.15, 0.2) is 0 Å². The molecule has 0 unspecified atom stereocenters. The Balaban J connectivity index is 1.95. The Hall–Kier alpha value is -2.08. The molecule has 0 aliphatic rings. The molecule has 5 nitrogen and oxygen atoms in total. The van der Waals surface area contributed by atoms with Crippen LogP contribution in [0.4, 0.5) is 0 Å². The highest BCUT2D eigenvalue weighted by Crippen LogP contribution is 2.18. The lowest BCUT2D eigenvalue weighted by molar-refractivity contribution is 0.0702. The molecular formula is C12H11NO4S. The summed E-state index contributed by atoms with van der Waals surface area (Å²) >= 11 is 0.949. The van der Waals surface area contributed by atoms with E-state index in [9.17, 15) is 4.79 Å². The lowest BCUT2D eigenvalue weighted by Crippen LogP contribution is -1.96. The highest BCUT2D eigenvalue weighted by Gasteiger charge is 2.08. The number of methoxy groups -OCH3 is 1. The Morgan fingerprint density at radius 1 is 1.33 bits per heavy atom. The number of aromatic carboxylic acids is 1. The number of rotatable bonds is 5. The van der Waals surface area contributed by atoms with Crippen LogP contribution < -0.4 is 9.47 Å². The summed E-state index contributed by atoms with van der Waals surface area (Å²) in [4.78, 5) is 10.9. The zero-order valence-electron chi connectivity index (χ0n) is 9.62. The molecule has 2 aromatic rings. The average Bonchev–Trinajstić information content (AvgIpc) is 2.86. The van der Waals surface area contributed by atoms with E-state index in [0.29, 0.717) is 11.4 Å². The molecule has 1 aromatic heterocycles. The van der Waals surface area contributed by atoms with E-state index in [1.807, 2.05) is 0 Å². The molecule has 0 spiro atoms. The van der Waals surface area contributed by atoms with Gasteiger partial charge < -0.3 is 14.6 Å². The summed E-state index contributed by atoms with van der Waals surface area (Å²) < 4.78 is 14.5. The number of hydrogen-bond acceptors (Lipinski definition) is 5. The van der Waals surface area contributed by atoms with E-state index in [4.69, 9.17) is 14.6 Å². The first kappa shape index (κ1) is 12.4. The summed E-state index contributed by atoms with van der Waals surface area (Å²) in [5, 5.41) is 8.76. The van der Waals surface area contributed by atoms with Crippen molar-refractivity contribution >= 4 is 17.5 Å². The fourth-order valence-electron chi connectivity index (χ4n) is 1.31. The normalized spacial score (nSPS) is 10.1. The molecule has 1 N–H and O–H groups in total. The topological polar surface area (TPSA) is 68.7 Å². The van der Waals surface area contributed by atoms with Crippen LogP contribution in [0.25, 0.3) is 0 Å². The largest absolute Gasteiger partial charge is 0.497 e. The molecule has 0 bridgehead atoms. The summed E-state index contributed by atoms with van der Waals surface area (Å²) in [5.41, 5.74) is 0.605. The van der Waals surface area contributed by atoms with Gasteiger partial charge in [-0.25, -0.2) is 4.79 Å². The second-order valence-electron chi connectivity index (χ2n) is 3.45. The second-order valence-corrected chi connectivity index (χ2v) is 4.26. The van der Waals surface area contributed by atoms with Gasteiger partial charge in [-0.3, -0.25) is 0 Å². The maximum atomic E-state index is 10.7. The van der Waals surface area contributed by atoms with Gasteiger partial charge >= 0.3 is 5.97 Å². The quantitative estimate of drug-likeness (QED) is 0.899. The van der Waals surface area contributed by atoms with Crippen LogP contribution in [0.2, 0.25) is 0 Å². The van der Waals surface area contributed by atoms with Crippen molar-refractivity contribution in [3.05, 3.63) is 40.9 Å². The third-order valence-electron chi connectivity index (χ3n) is 2.22. The molecular weight excluding hydrogens is 254 g/mol. The molecule has 0 saturated heterocycles. The minimum Gasteiger partial charge on any atom is -0.497 e. The summed E-state index contributed by atoms with van der Waals surface area (Å²) in [6, 6.07) is 8.65. The first-order valence-electron chi connectivity index (χ1n) is 5.15. The highest BCUT2D eigenvalue weighted by molar-refractivity contribution is 7.08. The maximum absolute atomic E-state index is 10.7. The number of carboxylic acid groups (broad SMARTS) is 1. The van der Waals surface area contributed by atoms with Crippen molar-refractivity contribution in [2.45, 2.75) is 6.61 Å². The molecule has 0 aliphatic heterocycles. The molecule has 18 heavy (non-hydrogen) atoms. The molecule has 1 aromatic carbocycles. The first-order valence-corrected chi connectivity index (χ1v) is 5.92. The minimum absolute atomic E-state index is 0.211. The number of carbonyl (C=O) groups is 1. The number of nitrogens with zero attached hydrogens (tertiary/aromatic N) is 1. The van der Waals surface area contributed by atoms with E-state index in [2.05, 4.69) is 4.37 Å². The summed E-state index contributed by atoms with van der Waals surface area (Å²) in [5.74, 6) is 0.466. The number of ether oxygens (including phenoxy) is 2. The summed E-state index contributed by atoms with van der Waals surface area (Å²) in [6.45, 7) is 0.246. The molecule has 0 aliphatic carbocycles. The predicted octanol–water partition coefficient (Wildman–Crippen LogP) is 2.43. The maximum Gasteiger partial charge on any atom is 0.347 e. The zero-order valence-corrected chi connectivity index (χ0v) is 10.4. The van der Waals surface area contributed by atoms with Gasteiger partial charge in [0.05, 0.1) is 12.8 Å². The van der Waals surface area contributed by atoms with Crippen molar-refractivity contribution in [2.24, 2.45) is 0 Å². The molecule has 0 fully saturated rings. The number of carboxylic acids is 1. The van der Waals surface area contributed by atoms with Crippen LogP contribution in [0.15, 0.2) is 30.3 Å². The van der Waals surface area contributed by atoms with Crippen molar-refractivity contribution in [1.82, 2.24) is 4.37 Å². The second kappa shape index (κ2) is 5.50. The summed E-state index contributed by atoms with van der Waals surface area (Å²) in [7, 11) is 1.60. The van der Waals surface area contributed by atoms with Gasteiger partial charge in [-0.1, -0.05) is 0 Å². The van der Waals surface area contributed by atoms with Crippen molar-refractivity contribution in [3.63, 3.8) is 0 Å². The Labute approximate surface area is 108 Å². The lowest BCUT2D eigenvalue weighted by Gasteiger charge is -2.04. The smallest absolute Gasteiger partial charge is 0.347 e.